The predicted molar refractivity (Wildman–Crippen MR) is 255 cm³/mol. The predicted octanol–water partition coefficient (Wildman–Crippen LogP) is 15.3. The standard InChI is InChI=1S/C53H99NO5/c1-3-5-7-9-11-13-15-17-19-20-21-22-23-25-27-31-35-39-43-47-53(58)59-48-44-40-36-32-28-30-34-38-42-46-52(57)54-50(49-55)51(56)45-41-37-33-29-26-24-18-16-14-12-10-8-6-4-2/h17,19,30,34,41,45,50-51,55-56H,3-16,18,20-29,31-33,35-40,42-44,46-49H2,1-2H3,(H,54,57)/b19-17-,34-30-,45-41+. The Morgan fingerprint density at radius 3 is 1.24 bits per heavy atom. The van der Waals surface area contributed by atoms with Crippen molar-refractivity contribution in [1.82, 2.24) is 5.32 Å². The van der Waals surface area contributed by atoms with E-state index in [0.29, 0.717) is 19.4 Å². The van der Waals surface area contributed by atoms with E-state index in [1.807, 2.05) is 6.08 Å². The lowest BCUT2D eigenvalue weighted by molar-refractivity contribution is -0.143. The minimum atomic E-state index is -0.875. The van der Waals surface area contributed by atoms with Crippen LogP contribution in [0.2, 0.25) is 0 Å². The molecule has 0 aromatic heterocycles. The Morgan fingerprint density at radius 1 is 0.458 bits per heavy atom. The number of carbonyl (C=O) groups is 2. The lowest BCUT2D eigenvalue weighted by Crippen LogP contribution is -2.45. The number of amides is 1. The Kier molecular flexibility index (Phi) is 47.2. The Bertz CT molecular complexity index is 962. The summed E-state index contributed by atoms with van der Waals surface area (Å²) in [5.41, 5.74) is 0. The Balaban J connectivity index is 3.55. The molecule has 0 aromatic carbocycles. The van der Waals surface area contributed by atoms with Gasteiger partial charge in [-0.25, -0.2) is 0 Å². The van der Waals surface area contributed by atoms with Crippen molar-refractivity contribution in [2.75, 3.05) is 13.2 Å². The molecule has 0 bridgehead atoms. The number of nitrogens with one attached hydrogen (secondary N) is 1. The molecule has 0 saturated carbocycles. The molecule has 3 N–H and O–H groups in total. The third-order valence-electron chi connectivity index (χ3n) is 11.6. The first-order valence-corrected chi connectivity index (χ1v) is 25.8. The lowest BCUT2D eigenvalue weighted by atomic mass is 10.0. The molecule has 0 fully saturated rings. The maximum Gasteiger partial charge on any atom is 0.305 e. The van der Waals surface area contributed by atoms with Gasteiger partial charge in [0.25, 0.3) is 0 Å². The summed E-state index contributed by atoms with van der Waals surface area (Å²) in [6.07, 6.45) is 58.7. The van der Waals surface area contributed by atoms with Gasteiger partial charge in [0.15, 0.2) is 0 Å². The average molecular weight is 830 g/mol. The average Bonchev–Trinajstić information content (AvgIpc) is 3.24. The molecule has 0 radical (unpaired) electrons. The van der Waals surface area contributed by atoms with E-state index in [9.17, 15) is 19.8 Å². The maximum absolute atomic E-state index is 12.4. The molecule has 0 aliphatic carbocycles. The van der Waals surface area contributed by atoms with Gasteiger partial charge in [0.05, 0.1) is 25.4 Å². The molecule has 6 nitrogen and oxygen atoms in total. The van der Waals surface area contributed by atoms with Gasteiger partial charge < -0.3 is 20.3 Å². The number of aliphatic hydroxyl groups is 2. The lowest BCUT2D eigenvalue weighted by Gasteiger charge is -2.19. The molecule has 0 aliphatic heterocycles. The number of ether oxygens (including phenoxy) is 1. The molecule has 2 atom stereocenters. The quantitative estimate of drug-likeness (QED) is 0.0323. The van der Waals surface area contributed by atoms with Gasteiger partial charge in [0, 0.05) is 12.8 Å². The zero-order chi connectivity index (χ0) is 43.0. The molecule has 0 aliphatic rings. The monoisotopic (exact) mass is 830 g/mol. The highest BCUT2D eigenvalue weighted by atomic mass is 16.5. The third-order valence-corrected chi connectivity index (χ3v) is 11.6. The second-order valence-corrected chi connectivity index (χ2v) is 17.5. The van der Waals surface area contributed by atoms with Gasteiger partial charge in [-0.05, 0) is 77.0 Å². The molecule has 6 heteroatoms. The molecule has 2 unspecified atom stereocenters. The maximum atomic E-state index is 12.4. The summed E-state index contributed by atoms with van der Waals surface area (Å²) in [6.45, 7) is 4.80. The number of allylic oxidation sites excluding steroid dienone is 5. The zero-order valence-corrected chi connectivity index (χ0v) is 39.2. The van der Waals surface area contributed by atoms with Crippen LogP contribution < -0.4 is 5.32 Å². The van der Waals surface area contributed by atoms with Crippen molar-refractivity contribution < 1.29 is 24.5 Å². The Labute approximate surface area is 366 Å². The first kappa shape index (κ1) is 57.1. The van der Waals surface area contributed by atoms with E-state index in [0.717, 1.165) is 70.6 Å². The van der Waals surface area contributed by atoms with Crippen LogP contribution in [-0.4, -0.2) is 47.4 Å². The third kappa shape index (κ3) is 45.4. The topological polar surface area (TPSA) is 95.9 Å². The van der Waals surface area contributed by atoms with E-state index < -0.39 is 12.1 Å². The molecular weight excluding hydrogens is 731 g/mol. The van der Waals surface area contributed by atoms with Crippen LogP contribution in [0.5, 0.6) is 0 Å². The normalized spacial score (nSPS) is 12.9. The van der Waals surface area contributed by atoms with Gasteiger partial charge >= 0.3 is 5.97 Å². The number of esters is 1. The summed E-state index contributed by atoms with van der Waals surface area (Å²) in [6, 6.07) is -0.665. The van der Waals surface area contributed by atoms with Crippen molar-refractivity contribution in [3.8, 4) is 0 Å². The van der Waals surface area contributed by atoms with Crippen LogP contribution in [0, 0.1) is 0 Å². The van der Waals surface area contributed by atoms with E-state index >= 15 is 0 Å². The van der Waals surface area contributed by atoms with Crippen LogP contribution in [-0.2, 0) is 14.3 Å². The van der Waals surface area contributed by atoms with E-state index in [1.165, 1.54) is 167 Å². The van der Waals surface area contributed by atoms with Crippen LogP contribution in [0.3, 0.4) is 0 Å². The smallest absolute Gasteiger partial charge is 0.305 e. The van der Waals surface area contributed by atoms with Gasteiger partial charge in [0.1, 0.15) is 0 Å². The van der Waals surface area contributed by atoms with Crippen LogP contribution >= 0.6 is 0 Å². The number of aliphatic hydroxyl groups excluding tert-OH is 2. The SMILES string of the molecule is CCCCCCCC/C=C\CCCCCCCCCCCC(=O)OCCCCCC/C=C\CCCC(=O)NC(CO)C(O)/C=C/CCCCCCCCCCCCCC. The second-order valence-electron chi connectivity index (χ2n) is 17.5. The van der Waals surface area contributed by atoms with Crippen LogP contribution in [0.4, 0.5) is 0 Å². The number of carbonyl (C=O) groups excluding carboxylic acids is 2. The summed E-state index contributed by atoms with van der Waals surface area (Å²) in [5.74, 6) is -0.168. The largest absolute Gasteiger partial charge is 0.466 e. The summed E-state index contributed by atoms with van der Waals surface area (Å²) in [4.78, 5) is 24.5. The molecular formula is C53H99NO5. The molecule has 0 saturated heterocycles. The van der Waals surface area contributed by atoms with Gasteiger partial charge in [-0.1, -0.05) is 211 Å². The molecule has 0 rings (SSSR count). The Morgan fingerprint density at radius 2 is 0.814 bits per heavy atom. The van der Waals surface area contributed by atoms with Crippen molar-refractivity contribution in [1.29, 1.82) is 0 Å². The van der Waals surface area contributed by atoms with Crippen molar-refractivity contribution >= 4 is 11.9 Å². The molecule has 59 heavy (non-hydrogen) atoms. The molecule has 346 valence electrons. The van der Waals surface area contributed by atoms with Crippen molar-refractivity contribution in [3.63, 3.8) is 0 Å². The molecule has 0 aromatic rings. The van der Waals surface area contributed by atoms with E-state index in [2.05, 4.69) is 43.5 Å². The van der Waals surface area contributed by atoms with Crippen molar-refractivity contribution in [3.05, 3.63) is 36.5 Å². The number of unbranched alkanes of at least 4 members (excludes halogenated alkanes) is 32. The van der Waals surface area contributed by atoms with E-state index in [1.54, 1.807) is 6.08 Å². The minimum absolute atomic E-state index is 0.0391. The van der Waals surface area contributed by atoms with Gasteiger partial charge in [0.2, 0.25) is 5.91 Å². The minimum Gasteiger partial charge on any atom is -0.466 e. The highest BCUT2D eigenvalue weighted by Crippen LogP contribution is 2.15. The Hall–Kier alpha value is -1.92. The van der Waals surface area contributed by atoms with Gasteiger partial charge in [-0.3, -0.25) is 9.59 Å². The summed E-state index contributed by atoms with van der Waals surface area (Å²) in [5, 5.41) is 23.0. The van der Waals surface area contributed by atoms with E-state index in [4.69, 9.17) is 4.74 Å². The first-order chi connectivity index (χ1) is 29.0. The summed E-state index contributed by atoms with van der Waals surface area (Å²) >= 11 is 0. The van der Waals surface area contributed by atoms with Gasteiger partial charge in [-0.15, -0.1) is 0 Å². The van der Waals surface area contributed by atoms with Gasteiger partial charge in [-0.2, -0.15) is 0 Å². The van der Waals surface area contributed by atoms with Crippen LogP contribution in [0.25, 0.3) is 0 Å². The first-order valence-electron chi connectivity index (χ1n) is 25.8. The van der Waals surface area contributed by atoms with E-state index in [-0.39, 0.29) is 18.5 Å². The fraction of sp³-hybridized carbons (Fsp3) is 0.849. The highest BCUT2D eigenvalue weighted by Gasteiger charge is 2.17. The van der Waals surface area contributed by atoms with Crippen LogP contribution in [0.1, 0.15) is 264 Å². The molecule has 1 amide bonds. The van der Waals surface area contributed by atoms with Crippen molar-refractivity contribution in [2.24, 2.45) is 0 Å². The van der Waals surface area contributed by atoms with Crippen molar-refractivity contribution in [2.45, 2.75) is 276 Å². The number of hydrogen-bond acceptors (Lipinski definition) is 5. The summed E-state index contributed by atoms with van der Waals surface area (Å²) in [7, 11) is 0. The summed E-state index contributed by atoms with van der Waals surface area (Å²) < 4.78 is 5.45. The second kappa shape index (κ2) is 48.7. The molecule has 0 spiro atoms. The molecule has 0 heterocycles. The fourth-order valence-electron chi connectivity index (χ4n) is 7.63. The number of hydrogen-bond donors (Lipinski definition) is 3. The zero-order valence-electron chi connectivity index (χ0n) is 39.2. The van der Waals surface area contributed by atoms with Crippen LogP contribution in [0.15, 0.2) is 36.5 Å². The fourth-order valence-corrected chi connectivity index (χ4v) is 7.63. The highest BCUT2D eigenvalue weighted by molar-refractivity contribution is 5.76. The number of rotatable bonds is 47.